The molecule has 0 spiro atoms. The van der Waals surface area contributed by atoms with E-state index in [1.54, 1.807) is 19.2 Å². The third-order valence-corrected chi connectivity index (χ3v) is 6.89. The normalized spacial score (nSPS) is 14.6. The molecule has 4 nitrogen and oxygen atoms in total. The van der Waals surface area contributed by atoms with Gasteiger partial charge in [0.2, 0.25) is 0 Å². The highest BCUT2D eigenvalue weighted by Crippen LogP contribution is 2.62. The van der Waals surface area contributed by atoms with Crippen molar-refractivity contribution in [1.29, 1.82) is 0 Å². The Morgan fingerprint density at radius 2 is 1.87 bits per heavy atom. The van der Waals surface area contributed by atoms with Crippen LogP contribution in [0.4, 0.5) is 0 Å². The van der Waals surface area contributed by atoms with Crippen molar-refractivity contribution in [2.75, 3.05) is 14.2 Å². The van der Waals surface area contributed by atoms with Crippen LogP contribution in [0.5, 0.6) is 5.75 Å². The highest BCUT2D eigenvalue weighted by molar-refractivity contribution is 8.98. The van der Waals surface area contributed by atoms with Gasteiger partial charge >= 0.3 is 6.80 Å². The summed E-state index contributed by atoms with van der Waals surface area (Å²) in [6, 6.07) is 7.20. The van der Waals surface area contributed by atoms with Gasteiger partial charge in [-0.1, -0.05) is 0 Å². The van der Waals surface area contributed by atoms with Gasteiger partial charge in [0.15, 0.2) is 0 Å². The molecule has 15 heavy (non-hydrogen) atoms. The molecule has 7 heteroatoms. The van der Waals surface area contributed by atoms with Crippen molar-refractivity contribution in [3.05, 3.63) is 24.3 Å². The van der Waals surface area contributed by atoms with Crippen molar-refractivity contribution in [2.45, 2.75) is 4.90 Å². The molecular weight excluding hydrogens is 255 g/mol. The van der Waals surface area contributed by atoms with Crippen molar-refractivity contribution in [1.82, 2.24) is 0 Å². The van der Waals surface area contributed by atoms with E-state index in [4.69, 9.17) is 9.63 Å². The largest absolute Gasteiger partial charge is 0.497 e. The van der Waals surface area contributed by atoms with E-state index in [0.29, 0.717) is 0 Å². The van der Waals surface area contributed by atoms with E-state index in [2.05, 4.69) is 4.52 Å². The molecule has 0 saturated heterocycles. The Hall–Kier alpha value is -0.130. The zero-order valence-corrected chi connectivity index (χ0v) is 10.8. The van der Waals surface area contributed by atoms with Gasteiger partial charge in [-0.15, -0.1) is 0 Å². The predicted molar refractivity (Wildman–Crippen MR) is 63.3 cm³/mol. The molecule has 1 N–H and O–H groups in total. The maximum Gasteiger partial charge on any atom is 0.397 e. The van der Waals surface area contributed by atoms with Crippen LogP contribution in [0.3, 0.4) is 0 Å². The molecule has 1 rings (SSSR count). The summed E-state index contributed by atoms with van der Waals surface area (Å²) >= 11 is 0. The van der Waals surface area contributed by atoms with E-state index >= 15 is 0 Å². The molecular formula is C8H11O4PS2. The summed E-state index contributed by atoms with van der Waals surface area (Å²) in [5.74, 6) is 0.753. The Kier molecular flexibility index (Phi) is 5.02. The second kappa shape index (κ2) is 5.82. The molecule has 0 fully saturated rings. The Bertz CT molecular complexity index is 354. The number of hydrogen-bond acceptors (Lipinski definition) is 5. The van der Waals surface area contributed by atoms with Crippen LogP contribution in [0.1, 0.15) is 0 Å². The van der Waals surface area contributed by atoms with Crippen LogP contribution in [-0.2, 0) is 9.09 Å². The summed E-state index contributed by atoms with van der Waals surface area (Å²) < 4.78 is 20.6. The van der Waals surface area contributed by atoms with Crippen molar-refractivity contribution in [3.63, 3.8) is 0 Å². The van der Waals surface area contributed by atoms with Crippen LogP contribution in [0.25, 0.3) is 0 Å². The molecule has 0 saturated carbocycles. The number of benzene rings is 1. The van der Waals surface area contributed by atoms with Gasteiger partial charge in [0, 0.05) is 22.4 Å². The first-order chi connectivity index (χ1) is 7.07. The first-order valence-corrected chi connectivity index (χ1v) is 8.29. The lowest BCUT2D eigenvalue weighted by Crippen LogP contribution is -1.80. The Labute approximate surface area is 96.0 Å². The molecule has 1 aromatic rings. The van der Waals surface area contributed by atoms with Crippen LogP contribution in [0.2, 0.25) is 0 Å². The Balaban J connectivity index is 2.55. The summed E-state index contributed by atoms with van der Waals surface area (Å²) in [5.41, 5.74) is 0. The van der Waals surface area contributed by atoms with E-state index in [-0.39, 0.29) is 0 Å². The average Bonchev–Trinajstić information content (AvgIpc) is 2.27. The van der Waals surface area contributed by atoms with Gasteiger partial charge < -0.3 is 14.2 Å². The molecule has 0 aliphatic rings. The van der Waals surface area contributed by atoms with E-state index < -0.39 is 6.80 Å². The van der Waals surface area contributed by atoms with Crippen LogP contribution in [0.15, 0.2) is 29.2 Å². The molecule has 1 unspecified atom stereocenters. The lowest BCUT2D eigenvalue weighted by Gasteiger charge is -2.06. The number of ether oxygens (including phenoxy) is 1. The maximum absolute atomic E-state index is 11.1. The standard InChI is InChI=1S/C8H11O4PS2/c1-11-7-3-5-8(6-4-7)14-15-13(9,10)12-2/h3-6H,1-2H3,(H,9,10). The van der Waals surface area contributed by atoms with Gasteiger partial charge in [0.05, 0.1) is 7.11 Å². The third-order valence-electron chi connectivity index (χ3n) is 1.52. The zero-order chi connectivity index (χ0) is 11.3. The van der Waals surface area contributed by atoms with Gasteiger partial charge in [-0.3, -0.25) is 0 Å². The van der Waals surface area contributed by atoms with Gasteiger partial charge in [-0.2, -0.15) is 0 Å². The summed E-state index contributed by atoms with van der Waals surface area (Å²) in [5, 5.41) is 0. The van der Waals surface area contributed by atoms with E-state index in [1.807, 2.05) is 12.1 Å². The molecule has 0 aliphatic heterocycles. The van der Waals surface area contributed by atoms with Crippen LogP contribution in [-0.4, -0.2) is 19.1 Å². The summed E-state index contributed by atoms with van der Waals surface area (Å²) in [6.45, 7) is -3.51. The lowest BCUT2D eigenvalue weighted by atomic mass is 10.3. The highest BCUT2D eigenvalue weighted by atomic mass is 33.3. The minimum atomic E-state index is -3.51. The molecule has 1 aromatic carbocycles. The van der Waals surface area contributed by atoms with Crippen molar-refractivity contribution < 1.29 is 18.7 Å². The fourth-order valence-corrected chi connectivity index (χ4v) is 4.47. The minimum Gasteiger partial charge on any atom is -0.497 e. The third kappa shape index (κ3) is 4.49. The average molecular weight is 266 g/mol. The second-order valence-corrected chi connectivity index (χ2v) is 8.25. The van der Waals surface area contributed by atoms with E-state index in [9.17, 15) is 4.57 Å². The van der Waals surface area contributed by atoms with E-state index in [1.165, 1.54) is 17.9 Å². The SMILES string of the molecule is COc1ccc(SSP(=O)(O)OC)cc1. The molecule has 0 aliphatic carbocycles. The molecule has 0 aromatic heterocycles. The van der Waals surface area contributed by atoms with Gasteiger partial charge in [0.25, 0.3) is 0 Å². The smallest absolute Gasteiger partial charge is 0.397 e. The molecule has 0 heterocycles. The van der Waals surface area contributed by atoms with Crippen molar-refractivity contribution >= 4 is 28.0 Å². The second-order valence-electron chi connectivity index (χ2n) is 2.48. The van der Waals surface area contributed by atoms with Crippen molar-refractivity contribution in [3.8, 4) is 5.75 Å². The monoisotopic (exact) mass is 266 g/mol. The Morgan fingerprint density at radius 1 is 1.27 bits per heavy atom. The quantitative estimate of drug-likeness (QED) is 0.652. The van der Waals surface area contributed by atoms with Gasteiger partial charge in [-0.05, 0) is 35.1 Å². The minimum absolute atomic E-state index is 0.753. The van der Waals surface area contributed by atoms with Crippen molar-refractivity contribution in [2.24, 2.45) is 0 Å². The number of methoxy groups -OCH3 is 1. The van der Waals surface area contributed by atoms with Crippen LogP contribution < -0.4 is 4.74 Å². The Morgan fingerprint density at radius 3 is 2.33 bits per heavy atom. The molecule has 84 valence electrons. The number of rotatable bonds is 5. The summed E-state index contributed by atoms with van der Waals surface area (Å²) in [7, 11) is 4.80. The lowest BCUT2D eigenvalue weighted by molar-refractivity contribution is 0.337. The molecule has 0 bridgehead atoms. The highest BCUT2D eigenvalue weighted by Gasteiger charge is 2.18. The fourth-order valence-electron chi connectivity index (χ4n) is 0.752. The van der Waals surface area contributed by atoms with Crippen LogP contribution in [0, 0.1) is 0 Å². The fraction of sp³-hybridized carbons (Fsp3) is 0.250. The first-order valence-electron chi connectivity index (χ1n) is 3.96. The topological polar surface area (TPSA) is 55.8 Å². The zero-order valence-electron chi connectivity index (χ0n) is 8.25. The summed E-state index contributed by atoms with van der Waals surface area (Å²) in [6.07, 6.45) is 0. The van der Waals surface area contributed by atoms with E-state index in [0.717, 1.165) is 21.1 Å². The first kappa shape index (κ1) is 12.9. The van der Waals surface area contributed by atoms with Gasteiger partial charge in [-0.25, -0.2) is 4.57 Å². The maximum atomic E-state index is 11.1. The summed E-state index contributed by atoms with van der Waals surface area (Å²) in [4.78, 5) is 10.0. The molecule has 1 atom stereocenters. The van der Waals surface area contributed by atoms with Gasteiger partial charge in [0.1, 0.15) is 5.75 Å². The number of hydrogen-bond donors (Lipinski definition) is 1. The predicted octanol–water partition coefficient (Wildman–Crippen LogP) is 3.18. The molecule has 0 radical (unpaired) electrons. The van der Waals surface area contributed by atoms with Crippen LogP contribution >= 0.6 is 28.0 Å². The molecule has 0 amide bonds.